The Bertz CT molecular complexity index is 497. The van der Waals surface area contributed by atoms with Gasteiger partial charge in [-0.2, -0.15) is 0 Å². The van der Waals surface area contributed by atoms with Crippen molar-refractivity contribution >= 4 is 23.7 Å². The van der Waals surface area contributed by atoms with Crippen LogP contribution in [0.2, 0.25) is 0 Å². The van der Waals surface area contributed by atoms with Crippen molar-refractivity contribution in [3.8, 4) is 0 Å². The number of nitrogens with two attached hydrogens (primary N) is 3. The zero-order valence-electron chi connectivity index (χ0n) is 15.4. The van der Waals surface area contributed by atoms with Crippen LogP contribution in [0.15, 0.2) is 0 Å². The highest BCUT2D eigenvalue weighted by atomic mass is 16.4. The maximum absolute atomic E-state index is 12.3. The number of hydrogen-bond acceptors (Lipinski definition) is 6. The Hall–Kier alpha value is -2.20. The maximum Gasteiger partial charge on any atom is 0.326 e. The Morgan fingerprint density at radius 3 is 2.04 bits per heavy atom. The Morgan fingerprint density at radius 2 is 1.58 bits per heavy atom. The van der Waals surface area contributed by atoms with E-state index in [4.69, 9.17) is 17.2 Å². The molecule has 0 rings (SSSR count). The fraction of sp³-hybridized carbons (Fsp3) is 0.750. The molecule has 0 fully saturated rings. The minimum absolute atomic E-state index is 0.0246. The molecular weight excluding hydrogens is 342 g/mol. The van der Waals surface area contributed by atoms with E-state index < -0.39 is 48.2 Å². The Labute approximate surface area is 153 Å². The van der Waals surface area contributed by atoms with Crippen molar-refractivity contribution in [2.24, 2.45) is 23.1 Å². The van der Waals surface area contributed by atoms with E-state index >= 15 is 0 Å². The quantitative estimate of drug-likeness (QED) is 0.210. The van der Waals surface area contributed by atoms with Gasteiger partial charge < -0.3 is 32.9 Å². The molecule has 3 amide bonds. The lowest BCUT2D eigenvalue weighted by Crippen LogP contribution is -2.55. The lowest BCUT2D eigenvalue weighted by atomic mass is 10.0. The average Bonchev–Trinajstić information content (AvgIpc) is 2.52. The SMILES string of the molecule is CC(C)CC(NC(=O)C(CC(N)=O)NC(=O)C(N)CCCCN)C(=O)O. The predicted molar refractivity (Wildman–Crippen MR) is 95.6 cm³/mol. The number of carboxylic acid groups (broad SMARTS) is 1. The van der Waals surface area contributed by atoms with Gasteiger partial charge in [0.15, 0.2) is 0 Å². The van der Waals surface area contributed by atoms with Crippen molar-refractivity contribution in [3.05, 3.63) is 0 Å². The minimum Gasteiger partial charge on any atom is -0.480 e. The van der Waals surface area contributed by atoms with E-state index in [1.54, 1.807) is 0 Å². The summed E-state index contributed by atoms with van der Waals surface area (Å²) in [7, 11) is 0. The van der Waals surface area contributed by atoms with Crippen molar-refractivity contribution in [2.75, 3.05) is 6.54 Å². The monoisotopic (exact) mass is 373 g/mol. The number of carbonyl (C=O) groups is 4. The molecule has 0 aliphatic heterocycles. The molecule has 10 heteroatoms. The fourth-order valence-electron chi connectivity index (χ4n) is 2.29. The number of aliphatic carboxylic acids is 1. The summed E-state index contributed by atoms with van der Waals surface area (Å²) >= 11 is 0. The third-order valence-corrected chi connectivity index (χ3v) is 3.67. The normalized spacial score (nSPS) is 14.3. The Kier molecular flexibility index (Phi) is 11.2. The van der Waals surface area contributed by atoms with E-state index in [0.29, 0.717) is 25.8 Å². The summed E-state index contributed by atoms with van der Waals surface area (Å²) in [6, 6.07) is -3.28. The first-order valence-corrected chi connectivity index (χ1v) is 8.65. The number of primary amides is 1. The van der Waals surface area contributed by atoms with Crippen LogP contribution in [0.1, 0.15) is 46.0 Å². The summed E-state index contributed by atoms with van der Waals surface area (Å²) in [6.07, 6.45) is 1.48. The van der Waals surface area contributed by atoms with Crippen LogP contribution in [0.5, 0.6) is 0 Å². The zero-order valence-corrected chi connectivity index (χ0v) is 15.4. The van der Waals surface area contributed by atoms with Crippen LogP contribution < -0.4 is 27.8 Å². The first kappa shape index (κ1) is 23.8. The third-order valence-electron chi connectivity index (χ3n) is 3.67. The molecule has 150 valence electrons. The van der Waals surface area contributed by atoms with Gasteiger partial charge in [-0.25, -0.2) is 4.79 Å². The van der Waals surface area contributed by atoms with Gasteiger partial charge in [0.25, 0.3) is 0 Å². The second-order valence-electron chi connectivity index (χ2n) is 6.65. The molecule has 3 atom stereocenters. The number of rotatable bonds is 13. The maximum atomic E-state index is 12.3. The van der Waals surface area contributed by atoms with Crippen LogP contribution in [-0.4, -0.2) is 53.5 Å². The second-order valence-corrected chi connectivity index (χ2v) is 6.65. The molecule has 0 bridgehead atoms. The molecule has 0 saturated heterocycles. The van der Waals surface area contributed by atoms with Gasteiger partial charge in [0.1, 0.15) is 12.1 Å². The van der Waals surface area contributed by atoms with Gasteiger partial charge in [0.05, 0.1) is 12.5 Å². The summed E-state index contributed by atoms with van der Waals surface area (Å²) in [5, 5.41) is 13.9. The lowest BCUT2D eigenvalue weighted by molar-refractivity contribution is -0.142. The Balaban J connectivity index is 4.94. The molecular formula is C16H31N5O5. The molecule has 0 radical (unpaired) electrons. The summed E-state index contributed by atoms with van der Waals surface area (Å²) in [4.78, 5) is 46.9. The Morgan fingerprint density at radius 1 is 1.00 bits per heavy atom. The van der Waals surface area contributed by atoms with Crippen LogP contribution >= 0.6 is 0 Å². The second kappa shape index (κ2) is 12.2. The molecule has 0 heterocycles. The molecule has 10 nitrogen and oxygen atoms in total. The van der Waals surface area contributed by atoms with Gasteiger partial charge in [-0.05, 0) is 31.7 Å². The first-order valence-electron chi connectivity index (χ1n) is 8.65. The molecule has 26 heavy (non-hydrogen) atoms. The molecule has 0 saturated carbocycles. The van der Waals surface area contributed by atoms with E-state index in [1.165, 1.54) is 0 Å². The van der Waals surface area contributed by atoms with Crippen molar-refractivity contribution in [1.82, 2.24) is 10.6 Å². The minimum atomic E-state index is -1.28. The highest BCUT2D eigenvalue weighted by Gasteiger charge is 2.29. The van der Waals surface area contributed by atoms with Crippen molar-refractivity contribution < 1.29 is 24.3 Å². The largest absolute Gasteiger partial charge is 0.480 e. The summed E-state index contributed by atoms with van der Waals surface area (Å²) in [6.45, 7) is 4.10. The van der Waals surface area contributed by atoms with Gasteiger partial charge in [0.2, 0.25) is 17.7 Å². The van der Waals surface area contributed by atoms with Crippen LogP contribution in [0.25, 0.3) is 0 Å². The van der Waals surface area contributed by atoms with Gasteiger partial charge in [0, 0.05) is 0 Å². The van der Waals surface area contributed by atoms with Crippen LogP contribution in [0, 0.1) is 5.92 Å². The van der Waals surface area contributed by atoms with E-state index in [1.807, 2.05) is 13.8 Å². The molecule has 0 spiro atoms. The molecule has 0 aliphatic rings. The molecule has 3 unspecified atom stereocenters. The van der Waals surface area contributed by atoms with E-state index in [9.17, 15) is 24.3 Å². The number of nitrogens with one attached hydrogen (secondary N) is 2. The molecule has 0 aromatic rings. The lowest BCUT2D eigenvalue weighted by Gasteiger charge is -2.23. The summed E-state index contributed by atoms with van der Waals surface area (Å²) in [5.74, 6) is -3.39. The number of amides is 3. The van der Waals surface area contributed by atoms with E-state index in [0.717, 1.165) is 0 Å². The molecule has 0 aromatic carbocycles. The van der Waals surface area contributed by atoms with Crippen LogP contribution in [-0.2, 0) is 19.2 Å². The number of carbonyl (C=O) groups excluding carboxylic acids is 3. The molecule has 0 aromatic heterocycles. The number of carboxylic acids is 1. The first-order chi connectivity index (χ1) is 12.1. The van der Waals surface area contributed by atoms with Gasteiger partial charge in [-0.15, -0.1) is 0 Å². The van der Waals surface area contributed by atoms with Gasteiger partial charge >= 0.3 is 5.97 Å². The highest BCUT2D eigenvalue weighted by Crippen LogP contribution is 2.06. The van der Waals surface area contributed by atoms with Gasteiger partial charge in [-0.1, -0.05) is 20.3 Å². The smallest absolute Gasteiger partial charge is 0.326 e. The van der Waals surface area contributed by atoms with E-state index in [2.05, 4.69) is 10.6 Å². The third kappa shape index (κ3) is 9.94. The topological polar surface area (TPSA) is 191 Å². The highest BCUT2D eigenvalue weighted by molar-refractivity contribution is 5.94. The number of unbranched alkanes of at least 4 members (excludes halogenated alkanes) is 1. The summed E-state index contributed by atoms with van der Waals surface area (Å²) < 4.78 is 0. The van der Waals surface area contributed by atoms with Crippen LogP contribution in [0.3, 0.4) is 0 Å². The molecule has 9 N–H and O–H groups in total. The van der Waals surface area contributed by atoms with Gasteiger partial charge in [-0.3, -0.25) is 14.4 Å². The van der Waals surface area contributed by atoms with E-state index in [-0.39, 0.29) is 12.3 Å². The summed E-state index contributed by atoms with van der Waals surface area (Å²) in [5.41, 5.74) is 16.3. The van der Waals surface area contributed by atoms with Crippen LogP contribution in [0.4, 0.5) is 0 Å². The average molecular weight is 373 g/mol. The molecule has 0 aliphatic carbocycles. The van der Waals surface area contributed by atoms with Crippen molar-refractivity contribution in [1.29, 1.82) is 0 Å². The number of hydrogen-bond donors (Lipinski definition) is 6. The fourth-order valence-corrected chi connectivity index (χ4v) is 2.29. The van der Waals surface area contributed by atoms with Crippen molar-refractivity contribution in [3.63, 3.8) is 0 Å². The predicted octanol–water partition coefficient (Wildman–Crippen LogP) is -1.58. The van der Waals surface area contributed by atoms with Crippen molar-refractivity contribution in [2.45, 2.75) is 64.1 Å². The standard InChI is InChI=1S/C16H31N5O5/c1-9(2)7-12(16(25)26)21-15(24)11(8-13(19)22)20-14(23)10(18)5-3-4-6-17/h9-12H,3-8,17-18H2,1-2H3,(H2,19,22)(H,20,23)(H,21,24)(H,25,26). The zero-order chi connectivity index (χ0) is 20.3.